The topological polar surface area (TPSA) is 106 Å². The van der Waals surface area contributed by atoms with E-state index < -0.39 is 29.1 Å². The smallest absolute Gasteiger partial charge is 0.410 e. The molecular formula is C29H29F3N6O2S2. The van der Waals surface area contributed by atoms with Crippen molar-refractivity contribution in [2.75, 3.05) is 17.0 Å². The summed E-state index contributed by atoms with van der Waals surface area (Å²) >= 11 is 2.05. The minimum Gasteiger partial charge on any atom is -0.444 e. The molecule has 1 unspecified atom stereocenters. The van der Waals surface area contributed by atoms with Crippen LogP contribution >= 0.6 is 23.3 Å². The summed E-state index contributed by atoms with van der Waals surface area (Å²) in [4.78, 5) is 28.5. The predicted molar refractivity (Wildman–Crippen MR) is 158 cm³/mol. The molecule has 1 fully saturated rings. The number of carbonyl (C=O) groups is 1. The van der Waals surface area contributed by atoms with Crippen LogP contribution in [0.3, 0.4) is 0 Å². The molecule has 220 valence electrons. The number of benzene rings is 2. The predicted octanol–water partition coefficient (Wildman–Crippen LogP) is 7.85. The lowest BCUT2D eigenvalue weighted by atomic mass is 10.0. The summed E-state index contributed by atoms with van der Waals surface area (Å²) in [7, 11) is 0. The van der Waals surface area contributed by atoms with Crippen LogP contribution in [0.1, 0.15) is 51.1 Å². The Morgan fingerprint density at radius 1 is 1.14 bits per heavy atom. The first-order valence-electron chi connectivity index (χ1n) is 13.3. The maximum absolute atomic E-state index is 16.0. The first-order valence-corrected chi connectivity index (χ1v) is 14.9. The molecule has 13 heteroatoms. The molecule has 2 aromatic carbocycles. The lowest BCUT2D eigenvalue weighted by Crippen LogP contribution is -2.41. The van der Waals surface area contributed by atoms with Crippen molar-refractivity contribution in [1.29, 1.82) is 0 Å². The molecule has 8 nitrogen and oxygen atoms in total. The van der Waals surface area contributed by atoms with Gasteiger partial charge in [0.2, 0.25) is 5.95 Å². The Hall–Kier alpha value is -3.84. The largest absolute Gasteiger partial charge is 0.444 e. The Bertz CT molecular complexity index is 1610. The van der Waals surface area contributed by atoms with Gasteiger partial charge in [-0.15, -0.1) is 11.3 Å². The normalized spacial score (nSPS) is 15.5. The highest BCUT2D eigenvalue weighted by Crippen LogP contribution is 2.43. The van der Waals surface area contributed by atoms with Gasteiger partial charge >= 0.3 is 6.09 Å². The van der Waals surface area contributed by atoms with Crippen molar-refractivity contribution >= 4 is 41.0 Å². The van der Waals surface area contributed by atoms with E-state index >= 15 is 4.39 Å². The van der Waals surface area contributed by atoms with Gasteiger partial charge in [-0.05, 0) is 88.4 Å². The Labute approximate surface area is 249 Å². The Morgan fingerprint density at radius 3 is 2.71 bits per heavy atom. The van der Waals surface area contributed by atoms with Crippen LogP contribution in [0.25, 0.3) is 21.8 Å². The van der Waals surface area contributed by atoms with E-state index in [0.717, 1.165) is 43.0 Å². The van der Waals surface area contributed by atoms with E-state index in [0.29, 0.717) is 34.2 Å². The van der Waals surface area contributed by atoms with Crippen molar-refractivity contribution < 1.29 is 22.7 Å². The van der Waals surface area contributed by atoms with E-state index in [-0.39, 0.29) is 28.1 Å². The van der Waals surface area contributed by atoms with Crippen LogP contribution in [0.4, 0.5) is 29.6 Å². The van der Waals surface area contributed by atoms with Crippen LogP contribution in [0.2, 0.25) is 0 Å². The van der Waals surface area contributed by atoms with Gasteiger partial charge in [0, 0.05) is 18.3 Å². The van der Waals surface area contributed by atoms with E-state index in [2.05, 4.69) is 14.7 Å². The molecule has 1 aliphatic heterocycles. The number of anilines is 2. The van der Waals surface area contributed by atoms with Gasteiger partial charge in [-0.2, -0.15) is 0 Å². The molecule has 42 heavy (non-hydrogen) atoms. The molecule has 2 aromatic heterocycles. The zero-order chi connectivity index (χ0) is 30.0. The summed E-state index contributed by atoms with van der Waals surface area (Å²) in [6.45, 7) is 5.95. The molecule has 5 rings (SSSR count). The number of rotatable bonds is 6. The molecule has 1 amide bonds. The van der Waals surface area contributed by atoms with Crippen molar-refractivity contribution in [3.8, 4) is 21.8 Å². The minimum atomic E-state index is -0.667. The van der Waals surface area contributed by atoms with Crippen molar-refractivity contribution in [2.45, 2.75) is 56.6 Å². The van der Waals surface area contributed by atoms with Crippen LogP contribution < -0.4 is 10.5 Å². The molecule has 3 N–H and O–H groups in total. The summed E-state index contributed by atoms with van der Waals surface area (Å²) < 4.78 is 52.3. The van der Waals surface area contributed by atoms with Crippen LogP contribution in [0, 0.1) is 17.5 Å². The van der Waals surface area contributed by atoms with E-state index in [1.165, 1.54) is 23.6 Å². The fourth-order valence-corrected chi connectivity index (χ4v) is 6.43. The van der Waals surface area contributed by atoms with Gasteiger partial charge in [0.15, 0.2) is 5.82 Å². The summed E-state index contributed by atoms with van der Waals surface area (Å²) in [5.41, 5.74) is 6.19. The quantitative estimate of drug-likeness (QED) is 0.212. The lowest BCUT2D eigenvalue weighted by Gasteiger charge is -2.35. The number of nitrogens with one attached hydrogen (secondary N) is 1. The zero-order valence-electron chi connectivity index (χ0n) is 23.2. The molecule has 0 radical (unpaired) electrons. The Kier molecular flexibility index (Phi) is 8.60. The van der Waals surface area contributed by atoms with Gasteiger partial charge in [0.25, 0.3) is 0 Å². The highest BCUT2D eigenvalue weighted by atomic mass is 32.2. The van der Waals surface area contributed by atoms with Crippen molar-refractivity contribution in [1.82, 2.24) is 19.9 Å². The van der Waals surface area contributed by atoms with E-state index in [1.54, 1.807) is 23.1 Å². The van der Waals surface area contributed by atoms with Crippen molar-refractivity contribution in [3.05, 3.63) is 71.1 Å². The molecule has 0 spiro atoms. The van der Waals surface area contributed by atoms with Gasteiger partial charge in [-0.1, -0.05) is 6.07 Å². The number of likely N-dealkylation sites (tertiary alicyclic amines) is 1. The first kappa shape index (κ1) is 29.6. The third-order valence-electron chi connectivity index (χ3n) is 6.38. The Morgan fingerprint density at radius 2 is 1.95 bits per heavy atom. The minimum absolute atomic E-state index is 0.0209. The number of thiazole rings is 1. The summed E-state index contributed by atoms with van der Waals surface area (Å²) in [6.07, 6.45) is 3.45. The second-order valence-electron chi connectivity index (χ2n) is 10.7. The van der Waals surface area contributed by atoms with Gasteiger partial charge in [0.1, 0.15) is 22.2 Å². The number of carbonyl (C=O) groups excluding carboxylic acids is 1. The fourth-order valence-electron chi connectivity index (χ4n) is 4.52. The zero-order valence-corrected chi connectivity index (χ0v) is 24.8. The molecule has 0 bridgehead atoms. The molecule has 0 aliphatic carbocycles. The summed E-state index contributed by atoms with van der Waals surface area (Å²) in [6, 6.07) is 9.03. The highest BCUT2D eigenvalue weighted by molar-refractivity contribution is 8.00. The molecule has 1 aliphatic rings. The number of piperidine rings is 1. The second-order valence-corrected chi connectivity index (χ2v) is 12.5. The third kappa shape index (κ3) is 6.62. The number of nitrogen functional groups attached to an aromatic ring is 1. The molecule has 1 saturated heterocycles. The standard InChI is InChI=1S/C29H29F3N6O2S2/c1-29(2,3)40-28(39)38-14-5-4-9-21(38)26-36-24(25(41-26)20-12-13-34-27(33)35-20)17-7-6-8-19(23(17)32)37-42-22-15-16(30)10-11-18(22)31/h6-8,10-13,15,21,37H,4-5,9,14H2,1-3H3,(H2,33,34,35). The maximum Gasteiger partial charge on any atom is 0.410 e. The summed E-state index contributed by atoms with van der Waals surface area (Å²) in [5.74, 6) is -1.84. The molecular weight excluding hydrogens is 585 g/mol. The number of amides is 1. The lowest BCUT2D eigenvalue weighted by molar-refractivity contribution is 0.00949. The van der Waals surface area contributed by atoms with Gasteiger partial charge in [-0.25, -0.2) is 32.9 Å². The number of hydrogen-bond donors (Lipinski definition) is 2. The molecule has 3 heterocycles. The van der Waals surface area contributed by atoms with E-state index in [9.17, 15) is 13.6 Å². The van der Waals surface area contributed by atoms with Gasteiger partial charge < -0.3 is 15.2 Å². The van der Waals surface area contributed by atoms with Gasteiger partial charge in [0.05, 0.1) is 32.9 Å². The van der Waals surface area contributed by atoms with Gasteiger partial charge in [-0.3, -0.25) is 4.90 Å². The average Bonchev–Trinajstić information content (AvgIpc) is 3.38. The fraction of sp³-hybridized carbons (Fsp3) is 0.310. The van der Waals surface area contributed by atoms with E-state index in [4.69, 9.17) is 15.5 Å². The average molecular weight is 615 g/mol. The number of ether oxygens (including phenoxy) is 1. The van der Waals surface area contributed by atoms with Crippen LogP contribution in [-0.2, 0) is 4.74 Å². The highest BCUT2D eigenvalue weighted by Gasteiger charge is 2.34. The molecule has 4 aromatic rings. The van der Waals surface area contributed by atoms with Crippen LogP contribution in [0.5, 0.6) is 0 Å². The van der Waals surface area contributed by atoms with Crippen molar-refractivity contribution in [3.63, 3.8) is 0 Å². The number of hydrogen-bond acceptors (Lipinski definition) is 9. The number of nitrogens with zero attached hydrogens (tertiary/aromatic N) is 4. The SMILES string of the molecule is CC(C)(C)OC(=O)N1CCCCC1c1nc(-c2cccc(NSc3cc(F)ccc3F)c2F)c(-c2ccnc(N)n2)s1. The van der Waals surface area contributed by atoms with E-state index in [1.807, 2.05) is 20.8 Å². The summed E-state index contributed by atoms with van der Waals surface area (Å²) in [5, 5.41) is 0.608. The Balaban J connectivity index is 1.55. The monoisotopic (exact) mass is 614 g/mol. The third-order valence-corrected chi connectivity index (χ3v) is 8.42. The van der Waals surface area contributed by atoms with Crippen LogP contribution in [0.15, 0.2) is 53.6 Å². The molecule has 0 saturated carbocycles. The molecule has 1 atom stereocenters. The second kappa shape index (κ2) is 12.2. The van der Waals surface area contributed by atoms with Crippen molar-refractivity contribution in [2.24, 2.45) is 0 Å². The van der Waals surface area contributed by atoms with Crippen LogP contribution in [-0.4, -0.2) is 38.1 Å². The number of halogens is 3. The number of nitrogens with two attached hydrogens (primary N) is 1. The first-order chi connectivity index (χ1) is 20.0. The number of aromatic nitrogens is 3. The maximum atomic E-state index is 16.0.